The van der Waals surface area contributed by atoms with E-state index in [-0.39, 0.29) is 5.91 Å². The molecular formula is C15H18N4OS. The van der Waals surface area contributed by atoms with E-state index in [0.29, 0.717) is 18.7 Å². The van der Waals surface area contributed by atoms with E-state index >= 15 is 0 Å². The second-order valence-corrected chi connectivity index (χ2v) is 5.48. The third-order valence-corrected chi connectivity index (χ3v) is 3.89. The van der Waals surface area contributed by atoms with Gasteiger partial charge in [-0.2, -0.15) is 0 Å². The number of aromatic nitrogens is 3. The second kappa shape index (κ2) is 7.64. The van der Waals surface area contributed by atoms with Crippen LogP contribution in [0.1, 0.15) is 6.42 Å². The lowest BCUT2D eigenvalue weighted by molar-refractivity contribution is -0.120. The number of benzene rings is 1. The van der Waals surface area contributed by atoms with Crippen LogP contribution >= 0.6 is 11.8 Å². The van der Waals surface area contributed by atoms with E-state index in [1.165, 1.54) is 11.8 Å². The van der Waals surface area contributed by atoms with E-state index in [4.69, 9.17) is 0 Å². The summed E-state index contributed by atoms with van der Waals surface area (Å²) in [5.74, 6) is 1.52. The van der Waals surface area contributed by atoms with Crippen molar-refractivity contribution in [3.05, 3.63) is 43.0 Å². The Morgan fingerprint density at radius 1 is 1.38 bits per heavy atom. The van der Waals surface area contributed by atoms with Gasteiger partial charge in [0.1, 0.15) is 0 Å². The highest BCUT2D eigenvalue weighted by Crippen LogP contribution is 2.22. The maximum atomic E-state index is 11.5. The second-order valence-electron chi connectivity index (χ2n) is 4.42. The molecule has 2 aromatic rings. The van der Waals surface area contributed by atoms with Crippen LogP contribution < -0.4 is 5.32 Å². The van der Waals surface area contributed by atoms with Gasteiger partial charge in [-0.05, 0) is 0 Å². The van der Waals surface area contributed by atoms with Crippen molar-refractivity contribution in [3.8, 4) is 11.4 Å². The van der Waals surface area contributed by atoms with Crippen LogP contribution in [0.25, 0.3) is 11.4 Å². The van der Waals surface area contributed by atoms with Gasteiger partial charge in [-0.3, -0.25) is 4.79 Å². The third kappa shape index (κ3) is 4.19. The van der Waals surface area contributed by atoms with E-state index in [9.17, 15) is 4.79 Å². The summed E-state index contributed by atoms with van der Waals surface area (Å²) < 4.78 is 1.95. The Morgan fingerprint density at radius 2 is 2.14 bits per heavy atom. The van der Waals surface area contributed by atoms with Gasteiger partial charge < -0.3 is 9.88 Å². The molecule has 1 amide bonds. The topological polar surface area (TPSA) is 59.8 Å². The Bertz CT molecular complexity index is 609. The van der Waals surface area contributed by atoms with Gasteiger partial charge in [0.05, 0.1) is 0 Å². The first-order chi connectivity index (χ1) is 10.2. The van der Waals surface area contributed by atoms with Crippen LogP contribution in [0.5, 0.6) is 0 Å². The summed E-state index contributed by atoms with van der Waals surface area (Å²) in [5.41, 5.74) is 1.03. The van der Waals surface area contributed by atoms with Gasteiger partial charge in [-0.25, -0.2) is 0 Å². The van der Waals surface area contributed by atoms with Gasteiger partial charge >= 0.3 is 0 Å². The fourth-order valence-corrected chi connectivity index (χ4v) is 2.64. The van der Waals surface area contributed by atoms with Gasteiger partial charge in [0.2, 0.25) is 5.91 Å². The highest BCUT2D eigenvalue weighted by atomic mass is 32.2. The van der Waals surface area contributed by atoms with Crippen LogP contribution in [0.3, 0.4) is 0 Å². The average Bonchev–Trinajstić information content (AvgIpc) is 2.87. The fourth-order valence-electron chi connectivity index (χ4n) is 1.79. The van der Waals surface area contributed by atoms with Crippen molar-refractivity contribution in [3.63, 3.8) is 0 Å². The van der Waals surface area contributed by atoms with E-state index < -0.39 is 0 Å². The van der Waals surface area contributed by atoms with Crippen molar-refractivity contribution in [2.24, 2.45) is 7.05 Å². The van der Waals surface area contributed by atoms with E-state index in [2.05, 4.69) is 22.1 Å². The Hall–Kier alpha value is -2.08. The van der Waals surface area contributed by atoms with Gasteiger partial charge in [-0.15, -0.1) is 16.8 Å². The first-order valence-electron chi connectivity index (χ1n) is 6.67. The average molecular weight is 302 g/mol. The normalized spacial score (nSPS) is 10.3. The minimum atomic E-state index is 0.0212. The molecule has 0 aliphatic carbocycles. The van der Waals surface area contributed by atoms with E-state index in [1.807, 2.05) is 41.9 Å². The number of nitrogens with one attached hydrogen (secondary N) is 1. The van der Waals surface area contributed by atoms with Crippen molar-refractivity contribution in [1.82, 2.24) is 20.1 Å². The maximum Gasteiger partial charge on any atom is 0.221 e. The summed E-state index contributed by atoms with van der Waals surface area (Å²) in [4.78, 5) is 11.5. The molecule has 0 radical (unpaired) electrons. The molecule has 110 valence electrons. The van der Waals surface area contributed by atoms with Crippen LogP contribution in [-0.2, 0) is 11.8 Å². The predicted molar refractivity (Wildman–Crippen MR) is 85.0 cm³/mol. The molecule has 0 aliphatic rings. The molecular weight excluding hydrogens is 284 g/mol. The van der Waals surface area contributed by atoms with Crippen molar-refractivity contribution in [2.75, 3.05) is 12.3 Å². The number of hydrogen-bond acceptors (Lipinski definition) is 4. The maximum absolute atomic E-state index is 11.5. The van der Waals surface area contributed by atoms with Gasteiger partial charge in [-0.1, -0.05) is 48.2 Å². The number of amides is 1. The molecule has 5 nitrogen and oxygen atoms in total. The van der Waals surface area contributed by atoms with Crippen molar-refractivity contribution >= 4 is 17.7 Å². The number of carbonyl (C=O) groups is 1. The number of hydrogen-bond donors (Lipinski definition) is 1. The fraction of sp³-hybridized carbons (Fsp3) is 0.267. The molecule has 0 saturated carbocycles. The van der Waals surface area contributed by atoms with Gasteiger partial charge in [0.15, 0.2) is 11.0 Å². The standard InChI is InChI=1S/C15H18N4OS/c1-3-10-16-13(20)9-11-21-15-18-17-14(19(15)2)12-7-5-4-6-8-12/h3-8H,1,9-11H2,2H3,(H,16,20). The Labute approximate surface area is 128 Å². The highest BCUT2D eigenvalue weighted by Gasteiger charge is 2.11. The quantitative estimate of drug-likeness (QED) is 0.629. The SMILES string of the molecule is C=CCNC(=O)CCSc1nnc(-c2ccccc2)n1C. The smallest absolute Gasteiger partial charge is 0.221 e. The van der Waals surface area contributed by atoms with Crippen LogP contribution in [0.2, 0.25) is 0 Å². The lowest BCUT2D eigenvalue weighted by Gasteiger charge is -2.04. The molecule has 0 unspecified atom stereocenters. The summed E-state index contributed by atoms with van der Waals surface area (Å²) in [6, 6.07) is 9.92. The summed E-state index contributed by atoms with van der Waals surface area (Å²) >= 11 is 1.53. The molecule has 1 N–H and O–H groups in total. The van der Waals surface area contributed by atoms with Crippen molar-refractivity contribution in [1.29, 1.82) is 0 Å². The predicted octanol–water partition coefficient (Wildman–Crippen LogP) is 2.27. The summed E-state index contributed by atoms with van der Waals surface area (Å²) in [6.45, 7) is 4.07. The summed E-state index contributed by atoms with van der Waals surface area (Å²) in [6.07, 6.45) is 2.12. The molecule has 21 heavy (non-hydrogen) atoms. The Kier molecular flexibility index (Phi) is 5.57. The molecule has 0 bridgehead atoms. The first kappa shape index (κ1) is 15.3. The van der Waals surface area contributed by atoms with Gasteiger partial charge in [0.25, 0.3) is 0 Å². The zero-order chi connectivity index (χ0) is 15.1. The van der Waals surface area contributed by atoms with Crippen LogP contribution in [0.4, 0.5) is 0 Å². The van der Waals surface area contributed by atoms with Crippen LogP contribution in [-0.4, -0.2) is 33.0 Å². The lowest BCUT2D eigenvalue weighted by Crippen LogP contribution is -2.23. The van der Waals surface area contributed by atoms with Crippen molar-refractivity contribution in [2.45, 2.75) is 11.6 Å². The molecule has 1 heterocycles. The minimum absolute atomic E-state index is 0.0212. The van der Waals surface area contributed by atoms with Crippen LogP contribution in [0.15, 0.2) is 48.1 Å². The molecule has 1 aromatic carbocycles. The molecule has 0 spiro atoms. The summed E-state index contributed by atoms with van der Waals surface area (Å²) in [7, 11) is 1.93. The zero-order valence-corrected chi connectivity index (χ0v) is 12.8. The largest absolute Gasteiger partial charge is 0.353 e. The lowest BCUT2D eigenvalue weighted by atomic mass is 10.2. The van der Waals surface area contributed by atoms with Gasteiger partial charge in [0, 0.05) is 31.3 Å². The van der Waals surface area contributed by atoms with E-state index in [1.54, 1.807) is 6.08 Å². The van der Waals surface area contributed by atoms with Crippen molar-refractivity contribution < 1.29 is 4.79 Å². The Balaban J connectivity index is 1.92. The number of rotatable bonds is 7. The molecule has 6 heteroatoms. The monoisotopic (exact) mass is 302 g/mol. The first-order valence-corrected chi connectivity index (χ1v) is 7.66. The summed E-state index contributed by atoms with van der Waals surface area (Å²) in [5, 5.41) is 12.0. The third-order valence-electron chi connectivity index (χ3n) is 2.87. The van der Waals surface area contributed by atoms with Crippen LogP contribution in [0, 0.1) is 0 Å². The molecule has 0 fully saturated rings. The Morgan fingerprint density at radius 3 is 2.86 bits per heavy atom. The zero-order valence-electron chi connectivity index (χ0n) is 12.0. The molecule has 0 saturated heterocycles. The number of nitrogens with zero attached hydrogens (tertiary/aromatic N) is 3. The molecule has 0 aliphatic heterocycles. The molecule has 1 aromatic heterocycles. The molecule has 0 atom stereocenters. The number of carbonyl (C=O) groups excluding carboxylic acids is 1. The van der Waals surface area contributed by atoms with E-state index in [0.717, 1.165) is 16.5 Å². The highest BCUT2D eigenvalue weighted by molar-refractivity contribution is 7.99. The molecule has 2 rings (SSSR count). The minimum Gasteiger partial charge on any atom is -0.353 e. The number of thioether (sulfide) groups is 1.